The second-order valence-electron chi connectivity index (χ2n) is 20.5. The summed E-state index contributed by atoms with van der Waals surface area (Å²) in [6, 6.07) is 0. The molecule has 0 heterocycles. The molecule has 0 radical (unpaired) electrons. The first-order valence-corrected chi connectivity index (χ1v) is 30.9. The Morgan fingerprint density at radius 2 is 0.577 bits per heavy atom. The van der Waals surface area contributed by atoms with Gasteiger partial charge in [0.05, 0.1) is 52.9 Å². The number of hydrogen-bond acceptors (Lipinski definition) is 10. The molecule has 0 unspecified atom stereocenters. The van der Waals surface area contributed by atoms with Gasteiger partial charge in [0.15, 0.2) is 0 Å². The van der Waals surface area contributed by atoms with Crippen LogP contribution < -0.4 is 0 Å². The Labute approximate surface area is 440 Å². The van der Waals surface area contributed by atoms with Gasteiger partial charge in [-0.15, -0.1) is 0 Å². The van der Waals surface area contributed by atoms with Crippen molar-refractivity contribution in [1.82, 2.24) is 0 Å². The molecule has 0 spiro atoms. The molecule has 0 aliphatic heterocycles. The highest BCUT2D eigenvalue weighted by atomic mass is 16.6. The first-order chi connectivity index (χ1) is 35.0. The van der Waals surface area contributed by atoms with Crippen molar-refractivity contribution in [3.8, 4) is 0 Å². The zero-order valence-corrected chi connectivity index (χ0v) is 47.9. The average Bonchev–Trinajstić information content (AvgIpc) is 3.37. The minimum absolute atomic E-state index is 0.00414. The molecular formula is C61H120O10. The van der Waals surface area contributed by atoms with Crippen LogP contribution in [0.25, 0.3) is 0 Å². The van der Waals surface area contributed by atoms with Gasteiger partial charge >= 0.3 is 11.9 Å². The van der Waals surface area contributed by atoms with Crippen LogP contribution in [0.2, 0.25) is 0 Å². The van der Waals surface area contributed by atoms with Crippen molar-refractivity contribution in [2.75, 3.05) is 72.7 Å². The number of hydrogen-bond donors (Lipinski definition) is 0. The third kappa shape index (κ3) is 54.8. The van der Waals surface area contributed by atoms with Gasteiger partial charge < -0.3 is 37.9 Å². The summed E-state index contributed by atoms with van der Waals surface area (Å²) >= 11 is 0. The van der Waals surface area contributed by atoms with E-state index in [4.69, 9.17) is 37.9 Å². The largest absolute Gasteiger partial charge is 0.462 e. The van der Waals surface area contributed by atoms with Gasteiger partial charge in [0.2, 0.25) is 0 Å². The van der Waals surface area contributed by atoms with Gasteiger partial charge in [-0.05, 0) is 84.0 Å². The van der Waals surface area contributed by atoms with E-state index < -0.39 is 0 Å². The van der Waals surface area contributed by atoms with Gasteiger partial charge in [-0.1, -0.05) is 195 Å². The lowest BCUT2D eigenvalue weighted by atomic mass is 10.0. The first-order valence-electron chi connectivity index (χ1n) is 30.9. The Morgan fingerprint density at radius 1 is 0.282 bits per heavy atom. The summed E-state index contributed by atoms with van der Waals surface area (Å²) in [7, 11) is 0. The molecule has 71 heavy (non-hydrogen) atoms. The van der Waals surface area contributed by atoms with Crippen LogP contribution in [0.5, 0.6) is 0 Å². The summed E-state index contributed by atoms with van der Waals surface area (Å²) in [4.78, 5) is 25.7. The minimum atomic E-state index is -0.135. The zero-order valence-electron chi connectivity index (χ0n) is 47.9. The number of esters is 2. The molecule has 0 saturated carbocycles. The van der Waals surface area contributed by atoms with E-state index in [0.717, 1.165) is 89.9 Å². The number of unbranched alkanes of at least 4 members (excludes halogenated alkanes) is 28. The summed E-state index contributed by atoms with van der Waals surface area (Å²) in [6.07, 6.45) is 45.8. The summed E-state index contributed by atoms with van der Waals surface area (Å²) in [5, 5.41) is 0. The highest BCUT2D eigenvalue weighted by Gasteiger charge is 2.16. The van der Waals surface area contributed by atoms with Crippen LogP contribution in [0.4, 0.5) is 0 Å². The first kappa shape index (κ1) is 69.7. The normalized spacial score (nSPS) is 12.2. The molecule has 0 aliphatic carbocycles. The van der Waals surface area contributed by atoms with E-state index >= 15 is 0 Å². The van der Waals surface area contributed by atoms with E-state index in [9.17, 15) is 9.59 Å². The number of carbonyl (C=O) groups excluding carboxylic acids is 2. The van der Waals surface area contributed by atoms with Crippen molar-refractivity contribution < 1.29 is 47.5 Å². The second kappa shape index (κ2) is 59.6. The van der Waals surface area contributed by atoms with Crippen LogP contribution in [-0.4, -0.2) is 103 Å². The van der Waals surface area contributed by atoms with Crippen LogP contribution in [0, 0.1) is 0 Å². The molecule has 0 aromatic rings. The summed E-state index contributed by atoms with van der Waals surface area (Å²) in [5.74, 6) is -0.0111. The molecule has 10 heteroatoms. The van der Waals surface area contributed by atoms with Crippen LogP contribution >= 0.6 is 0 Å². The molecule has 0 amide bonds. The fraction of sp³-hybridized carbons (Fsp3) is 0.967. The summed E-state index contributed by atoms with van der Waals surface area (Å²) in [5.41, 5.74) is 0. The molecular weight excluding hydrogens is 893 g/mol. The zero-order chi connectivity index (χ0) is 51.6. The van der Waals surface area contributed by atoms with Crippen molar-refractivity contribution in [1.29, 1.82) is 0 Å². The number of ether oxygens (including phenoxy) is 8. The van der Waals surface area contributed by atoms with Gasteiger partial charge in [-0.3, -0.25) is 9.59 Å². The van der Waals surface area contributed by atoms with Crippen LogP contribution in [-0.2, 0) is 47.5 Å². The molecule has 424 valence electrons. The molecule has 0 aromatic heterocycles. The predicted molar refractivity (Wildman–Crippen MR) is 297 cm³/mol. The minimum Gasteiger partial charge on any atom is -0.462 e. The fourth-order valence-electron chi connectivity index (χ4n) is 9.05. The highest BCUT2D eigenvalue weighted by molar-refractivity contribution is 5.69. The van der Waals surface area contributed by atoms with Crippen molar-refractivity contribution in [2.24, 2.45) is 0 Å². The Kier molecular flexibility index (Phi) is 58.5. The van der Waals surface area contributed by atoms with Crippen molar-refractivity contribution in [3.63, 3.8) is 0 Å². The Balaban J connectivity index is 4.58. The molecule has 0 N–H and O–H groups in total. The van der Waals surface area contributed by atoms with E-state index in [0.29, 0.717) is 85.5 Å². The molecule has 10 nitrogen and oxygen atoms in total. The summed E-state index contributed by atoms with van der Waals surface area (Å²) in [6.45, 7) is 17.3. The van der Waals surface area contributed by atoms with Gasteiger partial charge in [0, 0.05) is 32.7 Å². The Morgan fingerprint density at radius 3 is 0.958 bits per heavy atom. The lowest BCUT2D eigenvalue weighted by Gasteiger charge is -2.19. The number of rotatable bonds is 61. The molecule has 0 fully saturated rings. The standard InChI is InChI=1S/C61H120O10/c1-6-11-15-19-25-33-41-57(42-34-26-20-16-12-7-2)70-60(62)45-37-29-23-31-39-47-67-55-59(56-68-54-53-66-52-51-65-50-49-64-10-5)69-48-40-32-24-30-38-46-61(63)71-58(43-35-27-21-17-13-8-3)44-36-28-22-18-14-9-4/h57-59H,6-56H2,1-5H3/t59-/m0/s1. The topological polar surface area (TPSA) is 108 Å². The predicted octanol–water partition coefficient (Wildman–Crippen LogP) is 17.0. The molecule has 0 aliphatic rings. The maximum absolute atomic E-state index is 12.9. The molecule has 0 bridgehead atoms. The Bertz CT molecular complexity index is 1010. The SMILES string of the molecule is CCCCCCCCC(CCCCCCCC)OC(=O)CCCCCCCOC[C@@H](COCCOCCOCCOCC)OCCCCCCCC(=O)OC(CCCCCCCC)CCCCCCCC. The highest BCUT2D eigenvalue weighted by Crippen LogP contribution is 2.20. The Hall–Kier alpha value is -1.30. The van der Waals surface area contributed by atoms with Crippen LogP contribution in [0.1, 0.15) is 291 Å². The van der Waals surface area contributed by atoms with Gasteiger partial charge in [-0.25, -0.2) is 0 Å². The van der Waals surface area contributed by atoms with E-state index in [1.54, 1.807) is 0 Å². The van der Waals surface area contributed by atoms with E-state index in [2.05, 4.69) is 27.7 Å². The molecule has 0 aromatic carbocycles. The van der Waals surface area contributed by atoms with Crippen LogP contribution in [0.3, 0.4) is 0 Å². The monoisotopic (exact) mass is 1010 g/mol. The second-order valence-corrected chi connectivity index (χ2v) is 20.5. The van der Waals surface area contributed by atoms with Crippen molar-refractivity contribution >= 4 is 11.9 Å². The van der Waals surface area contributed by atoms with E-state index in [1.165, 1.54) is 154 Å². The lowest BCUT2D eigenvalue weighted by molar-refractivity contribution is -0.151. The fourth-order valence-corrected chi connectivity index (χ4v) is 9.05. The van der Waals surface area contributed by atoms with E-state index in [-0.39, 0.29) is 30.3 Å². The maximum Gasteiger partial charge on any atom is 0.306 e. The number of carbonyl (C=O) groups is 2. The van der Waals surface area contributed by atoms with Gasteiger partial charge in [0.1, 0.15) is 18.3 Å². The lowest BCUT2D eigenvalue weighted by Crippen LogP contribution is -2.27. The van der Waals surface area contributed by atoms with Crippen LogP contribution in [0.15, 0.2) is 0 Å². The smallest absolute Gasteiger partial charge is 0.306 e. The summed E-state index contributed by atoms with van der Waals surface area (Å²) < 4.78 is 47.0. The van der Waals surface area contributed by atoms with Crippen molar-refractivity contribution in [3.05, 3.63) is 0 Å². The third-order valence-electron chi connectivity index (χ3n) is 13.6. The van der Waals surface area contributed by atoms with Gasteiger partial charge in [-0.2, -0.15) is 0 Å². The quantitative estimate of drug-likeness (QED) is 0.0432. The molecule has 1 atom stereocenters. The molecule has 0 rings (SSSR count). The average molecular weight is 1010 g/mol. The van der Waals surface area contributed by atoms with Crippen molar-refractivity contribution in [2.45, 2.75) is 310 Å². The third-order valence-corrected chi connectivity index (χ3v) is 13.6. The van der Waals surface area contributed by atoms with E-state index in [1.807, 2.05) is 6.92 Å². The molecule has 0 saturated heterocycles. The van der Waals surface area contributed by atoms with Gasteiger partial charge in [0.25, 0.3) is 0 Å². The maximum atomic E-state index is 12.9.